The van der Waals surface area contributed by atoms with Crippen molar-refractivity contribution in [3.05, 3.63) is 93.6 Å². The number of hydrazone groups is 1. The Labute approximate surface area is 225 Å². The molecule has 2 aromatic carbocycles. The summed E-state index contributed by atoms with van der Waals surface area (Å²) in [6.07, 6.45) is 3.94. The Morgan fingerprint density at radius 3 is 2.54 bits per heavy atom. The number of amides is 3. The molecule has 0 spiro atoms. The van der Waals surface area contributed by atoms with Crippen LogP contribution in [0, 0.1) is 20.8 Å². The van der Waals surface area contributed by atoms with Crippen molar-refractivity contribution >= 4 is 34.4 Å². The molecule has 0 saturated carbocycles. The van der Waals surface area contributed by atoms with Crippen LogP contribution >= 0.6 is 0 Å². The first-order valence-corrected chi connectivity index (χ1v) is 12.9. The number of aryl methyl sites for hydroxylation is 3. The van der Waals surface area contributed by atoms with Crippen molar-refractivity contribution in [3.8, 4) is 0 Å². The zero-order valence-corrected chi connectivity index (χ0v) is 22.1. The van der Waals surface area contributed by atoms with E-state index in [1.165, 1.54) is 0 Å². The van der Waals surface area contributed by atoms with Crippen LogP contribution < -0.4 is 16.3 Å². The molecule has 39 heavy (non-hydrogen) atoms. The summed E-state index contributed by atoms with van der Waals surface area (Å²) in [6.45, 7) is 5.78. The maximum Gasteiger partial charge on any atom is 0.305 e. The van der Waals surface area contributed by atoms with Crippen molar-refractivity contribution in [1.29, 1.82) is 0 Å². The van der Waals surface area contributed by atoms with Gasteiger partial charge in [-0.05, 0) is 56.4 Å². The van der Waals surface area contributed by atoms with Crippen molar-refractivity contribution in [2.75, 3.05) is 0 Å². The predicted octanol–water partition coefficient (Wildman–Crippen LogP) is 4.35. The summed E-state index contributed by atoms with van der Waals surface area (Å²) in [5.41, 5.74) is 14.1. The zero-order chi connectivity index (χ0) is 27.5. The molecule has 3 N–H and O–H groups in total. The molecule has 0 saturated heterocycles. The molecule has 9 heteroatoms. The molecule has 200 valence electrons. The van der Waals surface area contributed by atoms with Crippen LogP contribution in [0.1, 0.15) is 62.5 Å². The van der Waals surface area contributed by atoms with E-state index in [2.05, 4.69) is 27.4 Å². The Hall–Kier alpha value is -4.66. The number of nitrogens with one attached hydrogen (secondary N) is 3. The molecule has 0 radical (unpaired) electrons. The zero-order valence-electron chi connectivity index (χ0n) is 22.1. The molecule has 0 unspecified atom stereocenters. The Bertz CT molecular complexity index is 1600. The predicted molar refractivity (Wildman–Crippen MR) is 146 cm³/mol. The average molecular weight is 527 g/mol. The lowest BCUT2D eigenvalue weighted by Crippen LogP contribution is -2.42. The van der Waals surface area contributed by atoms with E-state index in [1.54, 1.807) is 13.2 Å². The molecule has 2 aromatic heterocycles. The highest BCUT2D eigenvalue weighted by molar-refractivity contribution is 6.07. The van der Waals surface area contributed by atoms with Crippen LogP contribution in [0.3, 0.4) is 0 Å². The van der Waals surface area contributed by atoms with E-state index in [4.69, 9.17) is 8.83 Å². The molecule has 0 bridgehead atoms. The van der Waals surface area contributed by atoms with Gasteiger partial charge in [-0.1, -0.05) is 36.4 Å². The molecule has 1 aliphatic rings. The minimum Gasteiger partial charge on any atom is -0.464 e. The summed E-state index contributed by atoms with van der Waals surface area (Å²) in [5.74, 6) is -0.415. The molecular weight excluding hydrogens is 496 g/mol. The normalized spacial score (nSPS) is 13.8. The van der Waals surface area contributed by atoms with E-state index in [-0.39, 0.29) is 30.4 Å². The molecule has 5 rings (SSSR count). The first kappa shape index (κ1) is 26.0. The SMILES string of the molecule is Cc1cc(C)c2c(CC(=O)N/N=C3\CCCc4oc(C(=O)NNC(=O)Cc5ccccc5)c(C)c43)coc2c1. The highest BCUT2D eigenvalue weighted by atomic mass is 16.4. The summed E-state index contributed by atoms with van der Waals surface area (Å²) < 4.78 is 11.5. The quantitative estimate of drug-likeness (QED) is 0.322. The van der Waals surface area contributed by atoms with Crippen molar-refractivity contribution in [3.63, 3.8) is 0 Å². The monoisotopic (exact) mass is 526 g/mol. The molecule has 0 fully saturated rings. The number of hydrogen-bond acceptors (Lipinski definition) is 6. The number of hydrogen-bond donors (Lipinski definition) is 3. The third-order valence-corrected chi connectivity index (χ3v) is 6.81. The van der Waals surface area contributed by atoms with E-state index in [0.29, 0.717) is 29.9 Å². The summed E-state index contributed by atoms with van der Waals surface area (Å²) >= 11 is 0. The van der Waals surface area contributed by atoms with Gasteiger partial charge in [0.15, 0.2) is 5.76 Å². The maximum absolute atomic E-state index is 12.8. The molecule has 0 aliphatic heterocycles. The Morgan fingerprint density at radius 1 is 0.949 bits per heavy atom. The summed E-state index contributed by atoms with van der Waals surface area (Å²) in [7, 11) is 0. The largest absolute Gasteiger partial charge is 0.464 e. The van der Waals surface area contributed by atoms with Gasteiger partial charge in [-0.2, -0.15) is 5.10 Å². The first-order chi connectivity index (χ1) is 18.8. The van der Waals surface area contributed by atoms with Gasteiger partial charge in [0.2, 0.25) is 11.8 Å². The molecule has 1 aliphatic carbocycles. The maximum atomic E-state index is 12.8. The van der Waals surface area contributed by atoms with E-state index in [0.717, 1.165) is 45.2 Å². The Morgan fingerprint density at radius 2 is 1.74 bits per heavy atom. The van der Waals surface area contributed by atoms with Crippen LogP contribution in [-0.4, -0.2) is 23.4 Å². The van der Waals surface area contributed by atoms with Gasteiger partial charge in [0.25, 0.3) is 0 Å². The van der Waals surface area contributed by atoms with E-state index < -0.39 is 5.91 Å². The van der Waals surface area contributed by atoms with Gasteiger partial charge < -0.3 is 8.83 Å². The second kappa shape index (κ2) is 11.0. The number of hydrazine groups is 1. The van der Waals surface area contributed by atoms with Crippen molar-refractivity contribution < 1.29 is 23.2 Å². The van der Waals surface area contributed by atoms with Crippen molar-refractivity contribution in [2.45, 2.75) is 52.9 Å². The summed E-state index contributed by atoms with van der Waals surface area (Å²) in [4.78, 5) is 37.8. The lowest BCUT2D eigenvalue weighted by Gasteiger charge is -2.13. The van der Waals surface area contributed by atoms with Gasteiger partial charge in [-0.3, -0.25) is 25.2 Å². The van der Waals surface area contributed by atoms with Crippen LogP contribution in [0.4, 0.5) is 0 Å². The second-order valence-corrected chi connectivity index (χ2v) is 9.86. The highest BCUT2D eigenvalue weighted by Crippen LogP contribution is 2.30. The van der Waals surface area contributed by atoms with Crippen molar-refractivity contribution in [2.24, 2.45) is 5.10 Å². The third kappa shape index (κ3) is 5.62. The smallest absolute Gasteiger partial charge is 0.305 e. The summed E-state index contributed by atoms with van der Waals surface area (Å²) in [6, 6.07) is 13.3. The number of nitrogens with zero attached hydrogens (tertiary/aromatic N) is 1. The van der Waals surface area contributed by atoms with Crippen LogP contribution in [0.5, 0.6) is 0 Å². The van der Waals surface area contributed by atoms with Gasteiger partial charge in [0.05, 0.1) is 24.8 Å². The number of carbonyl (C=O) groups excluding carboxylic acids is 3. The fourth-order valence-corrected chi connectivity index (χ4v) is 5.10. The Kier molecular flexibility index (Phi) is 7.31. The number of benzene rings is 2. The Balaban J connectivity index is 1.25. The molecular formula is C30H30N4O5. The highest BCUT2D eigenvalue weighted by Gasteiger charge is 2.28. The van der Waals surface area contributed by atoms with Gasteiger partial charge in [-0.25, -0.2) is 5.43 Å². The lowest BCUT2D eigenvalue weighted by molar-refractivity contribution is -0.121. The molecule has 0 atom stereocenters. The number of fused-ring (bicyclic) bond motifs is 2. The molecule has 9 nitrogen and oxygen atoms in total. The average Bonchev–Trinajstić information content (AvgIpc) is 3.47. The van der Waals surface area contributed by atoms with E-state index >= 15 is 0 Å². The molecule has 4 aromatic rings. The fraction of sp³-hybridized carbons (Fsp3) is 0.267. The van der Waals surface area contributed by atoms with E-state index in [1.807, 2.05) is 50.2 Å². The first-order valence-electron chi connectivity index (χ1n) is 12.9. The van der Waals surface area contributed by atoms with E-state index in [9.17, 15) is 14.4 Å². The third-order valence-electron chi connectivity index (χ3n) is 6.81. The topological polar surface area (TPSA) is 126 Å². The van der Waals surface area contributed by atoms with Crippen molar-refractivity contribution in [1.82, 2.24) is 16.3 Å². The summed E-state index contributed by atoms with van der Waals surface area (Å²) in [5, 5.41) is 5.35. The van der Waals surface area contributed by atoms with Crippen LogP contribution in [0.15, 0.2) is 62.7 Å². The number of rotatable bonds is 6. The number of furan rings is 2. The minimum absolute atomic E-state index is 0.108. The standard InChI is InChI=1S/C30H30N4O5/c1-17-12-18(2)27-21(16-38-24(27)13-17)15-26(36)32-31-22-10-7-11-23-28(22)19(3)29(39-23)30(37)34-33-25(35)14-20-8-5-4-6-9-20/h4-6,8-9,12-13,16H,7,10-11,14-15H2,1-3H3,(H,32,36)(H,33,35)(H,34,37)/b31-22+. The molecule has 3 amide bonds. The van der Waals surface area contributed by atoms with Gasteiger partial charge in [0, 0.05) is 28.5 Å². The minimum atomic E-state index is -0.552. The fourth-order valence-electron chi connectivity index (χ4n) is 5.10. The van der Waals surface area contributed by atoms with Gasteiger partial charge in [-0.15, -0.1) is 0 Å². The van der Waals surface area contributed by atoms with Crippen LogP contribution in [0.2, 0.25) is 0 Å². The number of carbonyl (C=O) groups is 3. The van der Waals surface area contributed by atoms with Gasteiger partial charge >= 0.3 is 5.91 Å². The van der Waals surface area contributed by atoms with Crippen LogP contribution in [0.25, 0.3) is 11.0 Å². The molecule has 2 heterocycles. The van der Waals surface area contributed by atoms with Gasteiger partial charge in [0.1, 0.15) is 11.3 Å². The van der Waals surface area contributed by atoms with Crippen LogP contribution in [-0.2, 0) is 28.9 Å². The lowest BCUT2D eigenvalue weighted by atomic mass is 9.93. The second-order valence-electron chi connectivity index (χ2n) is 9.86.